The number of pyridine rings is 1. The van der Waals surface area contributed by atoms with Crippen LogP contribution in [0.15, 0.2) is 47.1 Å². The molecule has 2 aromatic heterocycles. The number of benzene rings is 1. The van der Waals surface area contributed by atoms with E-state index in [0.717, 1.165) is 0 Å². The van der Waals surface area contributed by atoms with Gasteiger partial charge in [0.2, 0.25) is 5.89 Å². The molecule has 11 heteroatoms. The fourth-order valence-electron chi connectivity index (χ4n) is 2.85. The second-order valence-corrected chi connectivity index (χ2v) is 7.16. The number of nitrogens with zero attached hydrogens (tertiary/aromatic N) is 2. The predicted molar refractivity (Wildman–Crippen MR) is 116 cm³/mol. The van der Waals surface area contributed by atoms with E-state index >= 15 is 0 Å². The van der Waals surface area contributed by atoms with Gasteiger partial charge in [0, 0.05) is 5.56 Å². The second kappa shape index (κ2) is 11.2. The summed E-state index contributed by atoms with van der Waals surface area (Å²) in [5, 5.41) is 2.64. The minimum atomic E-state index is -3.01. The van der Waals surface area contributed by atoms with E-state index in [-0.39, 0.29) is 48.0 Å². The van der Waals surface area contributed by atoms with Crippen molar-refractivity contribution in [1.82, 2.24) is 15.3 Å². The van der Waals surface area contributed by atoms with Crippen LogP contribution in [0, 0.1) is 0 Å². The van der Waals surface area contributed by atoms with Gasteiger partial charge in [-0.3, -0.25) is 4.79 Å². The van der Waals surface area contributed by atoms with E-state index in [4.69, 9.17) is 13.9 Å². The van der Waals surface area contributed by atoms with Crippen molar-refractivity contribution in [3.63, 3.8) is 0 Å². The molecule has 1 amide bonds. The van der Waals surface area contributed by atoms with Crippen molar-refractivity contribution in [2.45, 2.75) is 40.0 Å². The van der Waals surface area contributed by atoms with Crippen LogP contribution in [0.1, 0.15) is 47.4 Å². The van der Waals surface area contributed by atoms with Crippen LogP contribution in [-0.4, -0.2) is 41.2 Å². The number of halogens is 2. The Kier molecular flexibility index (Phi) is 8.12. The van der Waals surface area contributed by atoms with Gasteiger partial charge in [0.1, 0.15) is 12.0 Å². The molecule has 3 rings (SSSR count). The molecule has 0 aliphatic carbocycles. The SMILES string of the molecule is CCOC(=O)c1cccc(CNC(=O)c2coc(-c3ccc(OC(F)F)c(OC(C)C)c3)n2)n1. The fraction of sp³-hybridized carbons (Fsp3) is 0.304. The molecule has 0 saturated heterocycles. The molecule has 0 spiro atoms. The zero-order valence-electron chi connectivity index (χ0n) is 18.7. The summed E-state index contributed by atoms with van der Waals surface area (Å²) in [5.74, 6) is -1.04. The molecule has 0 bridgehead atoms. The van der Waals surface area contributed by atoms with Gasteiger partial charge in [0.05, 0.1) is 24.9 Å². The van der Waals surface area contributed by atoms with Crippen LogP contribution in [0.5, 0.6) is 11.5 Å². The topological polar surface area (TPSA) is 113 Å². The molecule has 1 aromatic carbocycles. The second-order valence-electron chi connectivity index (χ2n) is 7.16. The Morgan fingerprint density at radius 2 is 1.85 bits per heavy atom. The largest absolute Gasteiger partial charge is 0.487 e. The maximum atomic E-state index is 12.7. The van der Waals surface area contributed by atoms with Crippen molar-refractivity contribution < 1.29 is 37.0 Å². The van der Waals surface area contributed by atoms with Crippen LogP contribution in [0.2, 0.25) is 0 Å². The van der Waals surface area contributed by atoms with E-state index in [2.05, 4.69) is 20.0 Å². The molecule has 2 heterocycles. The highest BCUT2D eigenvalue weighted by Gasteiger charge is 2.18. The van der Waals surface area contributed by atoms with E-state index in [9.17, 15) is 18.4 Å². The first-order chi connectivity index (χ1) is 16.3. The summed E-state index contributed by atoms with van der Waals surface area (Å²) in [6.07, 6.45) is 0.872. The number of rotatable bonds is 10. The van der Waals surface area contributed by atoms with E-state index < -0.39 is 18.5 Å². The van der Waals surface area contributed by atoms with Gasteiger partial charge in [0.15, 0.2) is 17.2 Å². The molecule has 0 radical (unpaired) electrons. The maximum Gasteiger partial charge on any atom is 0.387 e. The first-order valence-electron chi connectivity index (χ1n) is 10.4. The Morgan fingerprint density at radius 3 is 2.56 bits per heavy atom. The number of ether oxygens (including phenoxy) is 3. The van der Waals surface area contributed by atoms with E-state index in [1.807, 2.05) is 0 Å². The molecule has 0 unspecified atom stereocenters. The van der Waals surface area contributed by atoms with Crippen molar-refractivity contribution in [3.8, 4) is 23.0 Å². The van der Waals surface area contributed by atoms with Gasteiger partial charge in [-0.2, -0.15) is 8.78 Å². The highest BCUT2D eigenvalue weighted by molar-refractivity contribution is 5.92. The molecule has 0 aliphatic heterocycles. The van der Waals surface area contributed by atoms with Crippen LogP contribution in [0.25, 0.3) is 11.5 Å². The number of alkyl halides is 2. The Balaban J connectivity index is 1.71. The molecule has 0 atom stereocenters. The Bertz CT molecular complexity index is 1150. The van der Waals surface area contributed by atoms with Gasteiger partial charge in [0.25, 0.3) is 5.91 Å². The van der Waals surface area contributed by atoms with E-state index in [1.165, 1.54) is 30.5 Å². The quantitative estimate of drug-likeness (QED) is 0.434. The lowest BCUT2D eigenvalue weighted by atomic mass is 10.2. The van der Waals surface area contributed by atoms with Crippen LogP contribution < -0.4 is 14.8 Å². The van der Waals surface area contributed by atoms with Crippen LogP contribution >= 0.6 is 0 Å². The minimum absolute atomic E-state index is 0.00391. The molecular weight excluding hydrogens is 452 g/mol. The fourth-order valence-corrected chi connectivity index (χ4v) is 2.85. The molecule has 0 saturated carbocycles. The summed E-state index contributed by atoms with van der Waals surface area (Å²) < 4.78 is 45.7. The molecule has 180 valence electrons. The molecular formula is C23H23F2N3O6. The number of oxazole rings is 1. The van der Waals surface area contributed by atoms with E-state index in [0.29, 0.717) is 11.3 Å². The smallest absolute Gasteiger partial charge is 0.387 e. The van der Waals surface area contributed by atoms with Gasteiger partial charge in [-0.15, -0.1) is 0 Å². The lowest BCUT2D eigenvalue weighted by molar-refractivity contribution is -0.0518. The van der Waals surface area contributed by atoms with Crippen molar-refractivity contribution in [2.75, 3.05) is 6.61 Å². The highest BCUT2D eigenvalue weighted by atomic mass is 19.3. The molecule has 0 fully saturated rings. The normalized spacial score (nSPS) is 10.9. The Morgan fingerprint density at radius 1 is 1.06 bits per heavy atom. The third-order valence-electron chi connectivity index (χ3n) is 4.23. The number of carbonyl (C=O) groups excluding carboxylic acids is 2. The maximum absolute atomic E-state index is 12.7. The number of carbonyl (C=O) groups is 2. The number of esters is 1. The number of hydrogen-bond acceptors (Lipinski definition) is 8. The van der Waals surface area contributed by atoms with Crippen molar-refractivity contribution in [3.05, 3.63) is 59.7 Å². The van der Waals surface area contributed by atoms with Gasteiger partial charge in [-0.1, -0.05) is 6.07 Å². The summed E-state index contributed by atoms with van der Waals surface area (Å²) in [6.45, 7) is 2.43. The molecule has 0 aliphatic rings. The minimum Gasteiger partial charge on any atom is -0.487 e. The zero-order valence-corrected chi connectivity index (χ0v) is 18.7. The standard InChI is InChI=1S/C23H23F2N3O6/c1-4-31-22(30)16-7-5-6-15(27-16)11-26-20(29)17-12-32-21(28-17)14-8-9-18(34-23(24)25)19(10-14)33-13(2)3/h5-10,12-13,23H,4,11H2,1-3H3,(H,26,29). The summed E-state index contributed by atoms with van der Waals surface area (Å²) in [6, 6.07) is 9.01. The highest BCUT2D eigenvalue weighted by Crippen LogP contribution is 2.34. The van der Waals surface area contributed by atoms with Crippen molar-refractivity contribution in [1.29, 1.82) is 0 Å². The average molecular weight is 475 g/mol. The van der Waals surface area contributed by atoms with Gasteiger partial charge >= 0.3 is 12.6 Å². The Hall–Kier alpha value is -4.02. The predicted octanol–water partition coefficient (Wildman–Crippen LogP) is 4.23. The van der Waals surface area contributed by atoms with Crippen LogP contribution in [0.3, 0.4) is 0 Å². The molecule has 3 aromatic rings. The average Bonchev–Trinajstić information content (AvgIpc) is 3.29. The van der Waals surface area contributed by atoms with Gasteiger partial charge < -0.3 is 23.9 Å². The summed E-state index contributed by atoms with van der Waals surface area (Å²) in [5.41, 5.74) is 0.986. The number of aromatic nitrogens is 2. The number of nitrogens with one attached hydrogen (secondary N) is 1. The van der Waals surface area contributed by atoms with Crippen molar-refractivity contribution >= 4 is 11.9 Å². The number of hydrogen-bond donors (Lipinski definition) is 1. The molecule has 9 nitrogen and oxygen atoms in total. The zero-order chi connectivity index (χ0) is 24.7. The third kappa shape index (κ3) is 6.50. The lowest BCUT2D eigenvalue weighted by Gasteiger charge is -2.15. The summed E-state index contributed by atoms with van der Waals surface area (Å²) in [4.78, 5) is 32.6. The first kappa shape index (κ1) is 24.6. The van der Waals surface area contributed by atoms with Crippen LogP contribution in [-0.2, 0) is 11.3 Å². The molecule has 34 heavy (non-hydrogen) atoms. The Labute approximate surface area is 194 Å². The number of amides is 1. The van der Waals surface area contributed by atoms with Crippen LogP contribution in [0.4, 0.5) is 8.78 Å². The lowest BCUT2D eigenvalue weighted by Crippen LogP contribution is -2.24. The van der Waals surface area contributed by atoms with Gasteiger partial charge in [-0.05, 0) is 51.1 Å². The summed E-state index contributed by atoms with van der Waals surface area (Å²) >= 11 is 0. The monoisotopic (exact) mass is 475 g/mol. The first-order valence-corrected chi connectivity index (χ1v) is 10.4. The van der Waals surface area contributed by atoms with Crippen molar-refractivity contribution in [2.24, 2.45) is 0 Å². The summed E-state index contributed by atoms with van der Waals surface area (Å²) in [7, 11) is 0. The van der Waals surface area contributed by atoms with Gasteiger partial charge in [-0.25, -0.2) is 14.8 Å². The van der Waals surface area contributed by atoms with E-state index in [1.54, 1.807) is 32.9 Å². The molecule has 1 N–H and O–H groups in total. The third-order valence-corrected chi connectivity index (χ3v) is 4.23.